The van der Waals surface area contributed by atoms with E-state index in [9.17, 15) is 9.59 Å². The Labute approximate surface area is 199 Å². The van der Waals surface area contributed by atoms with Gasteiger partial charge < -0.3 is 9.80 Å². The molecule has 4 rings (SSSR count). The summed E-state index contributed by atoms with van der Waals surface area (Å²) in [6, 6.07) is 27.7. The maximum atomic E-state index is 13.5. The second-order valence-electron chi connectivity index (χ2n) is 8.07. The number of hydrogen-bond donors (Lipinski definition) is 0. The minimum absolute atomic E-state index is 0.0470. The molecular weight excluding hydrogens is 428 g/mol. The largest absolute Gasteiger partial charge is 0.332 e. The van der Waals surface area contributed by atoms with Crippen LogP contribution in [0, 0.1) is 0 Å². The maximum Gasteiger partial charge on any atom is 0.254 e. The van der Waals surface area contributed by atoms with Crippen molar-refractivity contribution in [2.45, 2.75) is 26.4 Å². The van der Waals surface area contributed by atoms with Gasteiger partial charge in [0.1, 0.15) is 6.54 Å². The van der Waals surface area contributed by atoms with Gasteiger partial charge in [0, 0.05) is 23.5 Å². The quantitative estimate of drug-likeness (QED) is 0.311. The van der Waals surface area contributed by atoms with Crippen molar-refractivity contribution in [3.8, 4) is 0 Å². The molecule has 0 aliphatic rings. The second kappa shape index (κ2) is 10.9. The van der Waals surface area contributed by atoms with Crippen molar-refractivity contribution >= 4 is 33.9 Å². The average molecular weight is 457 g/mol. The van der Waals surface area contributed by atoms with E-state index in [2.05, 4.69) is 0 Å². The zero-order valence-electron chi connectivity index (χ0n) is 18.8. The van der Waals surface area contributed by atoms with Crippen LogP contribution >= 0.6 is 11.3 Å². The highest BCUT2D eigenvalue weighted by molar-refractivity contribution is 7.09. The van der Waals surface area contributed by atoms with Gasteiger partial charge in [-0.2, -0.15) is 0 Å². The number of nitrogens with zero attached hydrogens (tertiary/aromatic N) is 2. The van der Waals surface area contributed by atoms with Gasteiger partial charge in [-0.3, -0.25) is 9.59 Å². The predicted molar refractivity (Wildman–Crippen MR) is 135 cm³/mol. The van der Waals surface area contributed by atoms with E-state index in [0.717, 1.165) is 27.6 Å². The highest BCUT2D eigenvalue weighted by atomic mass is 32.1. The molecule has 0 aliphatic heterocycles. The Kier molecular flexibility index (Phi) is 7.53. The lowest BCUT2D eigenvalue weighted by Gasteiger charge is -2.28. The molecule has 0 saturated carbocycles. The molecule has 0 bridgehead atoms. The van der Waals surface area contributed by atoms with E-state index in [1.54, 1.807) is 16.2 Å². The molecular formula is C28H28N2O2S. The Hall–Kier alpha value is -3.44. The normalized spacial score (nSPS) is 10.8. The molecule has 0 spiro atoms. The van der Waals surface area contributed by atoms with Crippen molar-refractivity contribution in [3.05, 3.63) is 106 Å². The van der Waals surface area contributed by atoms with Gasteiger partial charge >= 0.3 is 0 Å². The molecule has 3 aromatic carbocycles. The fourth-order valence-electron chi connectivity index (χ4n) is 3.99. The van der Waals surface area contributed by atoms with Crippen molar-refractivity contribution in [1.29, 1.82) is 0 Å². The summed E-state index contributed by atoms with van der Waals surface area (Å²) in [5.74, 6) is -0.146. The van der Waals surface area contributed by atoms with Crippen LogP contribution in [0.15, 0.2) is 90.3 Å². The zero-order chi connectivity index (χ0) is 23.0. The Bertz CT molecular complexity index is 1200. The summed E-state index contributed by atoms with van der Waals surface area (Å²) >= 11 is 1.64. The minimum atomic E-state index is -0.0993. The van der Waals surface area contributed by atoms with E-state index < -0.39 is 0 Å². The SMILES string of the molecule is CCCN(CC(=O)N(Cc1ccccc1)Cc1cccs1)C(=O)c1cccc2ccccc12. The molecule has 0 N–H and O–H groups in total. The monoisotopic (exact) mass is 456 g/mol. The molecule has 168 valence electrons. The van der Waals surface area contributed by atoms with Gasteiger partial charge in [0.15, 0.2) is 0 Å². The van der Waals surface area contributed by atoms with Crippen LogP contribution in [0.4, 0.5) is 0 Å². The molecule has 0 saturated heterocycles. The summed E-state index contributed by atoms with van der Waals surface area (Å²) in [6.07, 6.45) is 0.785. The van der Waals surface area contributed by atoms with Gasteiger partial charge in [-0.1, -0.05) is 79.7 Å². The Morgan fingerprint density at radius 2 is 1.55 bits per heavy atom. The van der Waals surface area contributed by atoms with Crippen LogP contribution in [-0.2, 0) is 17.9 Å². The molecule has 0 radical (unpaired) electrons. The van der Waals surface area contributed by atoms with Crippen molar-refractivity contribution in [3.63, 3.8) is 0 Å². The number of benzene rings is 3. The van der Waals surface area contributed by atoms with Crippen LogP contribution in [-0.4, -0.2) is 34.7 Å². The third-order valence-corrected chi connectivity index (χ3v) is 6.48. The van der Waals surface area contributed by atoms with Gasteiger partial charge in [0.2, 0.25) is 5.91 Å². The Morgan fingerprint density at radius 1 is 0.788 bits per heavy atom. The number of carbonyl (C=O) groups is 2. The first-order valence-corrected chi connectivity index (χ1v) is 12.1. The van der Waals surface area contributed by atoms with Crippen LogP contribution in [0.2, 0.25) is 0 Å². The standard InChI is InChI=1S/C28H28N2O2S/c1-2-17-29(28(32)26-16-8-13-23-12-6-7-15-25(23)26)21-27(31)30(20-24-14-9-18-33-24)19-22-10-4-3-5-11-22/h3-16,18H,2,17,19-21H2,1H3. The fraction of sp³-hybridized carbons (Fsp3) is 0.214. The summed E-state index contributed by atoms with van der Waals surface area (Å²) in [6.45, 7) is 3.68. The molecule has 4 nitrogen and oxygen atoms in total. The highest BCUT2D eigenvalue weighted by Gasteiger charge is 2.23. The molecule has 5 heteroatoms. The Morgan fingerprint density at radius 3 is 2.30 bits per heavy atom. The van der Waals surface area contributed by atoms with E-state index >= 15 is 0 Å². The van der Waals surface area contributed by atoms with Crippen molar-refractivity contribution in [2.24, 2.45) is 0 Å². The number of carbonyl (C=O) groups excluding carboxylic acids is 2. The molecule has 33 heavy (non-hydrogen) atoms. The summed E-state index contributed by atoms with van der Waals surface area (Å²) < 4.78 is 0. The van der Waals surface area contributed by atoms with Gasteiger partial charge in [-0.15, -0.1) is 11.3 Å². The summed E-state index contributed by atoms with van der Waals surface area (Å²) in [5.41, 5.74) is 1.71. The lowest BCUT2D eigenvalue weighted by atomic mass is 10.0. The van der Waals surface area contributed by atoms with E-state index in [4.69, 9.17) is 0 Å². The molecule has 0 fully saturated rings. The zero-order valence-corrected chi connectivity index (χ0v) is 19.6. The Balaban J connectivity index is 1.57. The van der Waals surface area contributed by atoms with Gasteiger partial charge in [0.25, 0.3) is 5.91 Å². The molecule has 1 heterocycles. The predicted octanol–water partition coefficient (Wildman–Crippen LogP) is 5.98. The van der Waals surface area contributed by atoms with Crippen LogP contribution in [0.1, 0.15) is 34.1 Å². The molecule has 0 unspecified atom stereocenters. The van der Waals surface area contributed by atoms with Crippen molar-refractivity contribution in [1.82, 2.24) is 9.80 Å². The van der Waals surface area contributed by atoms with Gasteiger partial charge in [-0.25, -0.2) is 0 Å². The number of amides is 2. The van der Waals surface area contributed by atoms with Crippen LogP contribution in [0.3, 0.4) is 0 Å². The molecule has 2 amide bonds. The first-order valence-electron chi connectivity index (χ1n) is 11.3. The lowest BCUT2D eigenvalue weighted by molar-refractivity contribution is -0.133. The van der Waals surface area contributed by atoms with E-state index in [0.29, 0.717) is 25.2 Å². The molecule has 0 aliphatic carbocycles. The van der Waals surface area contributed by atoms with E-state index in [1.807, 2.05) is 102 Å². The number of fused-ring (bicyclic) bond motifs is 1. The molecule has 1 aromatic heterocycles. The van der Waals surface area contributed by atoms with Crippen LogP contribution in [0.25, 0.3) is 10.8 Å². The van der Waals surface area contributed by atoms with Crippen molar-refractivity contribution in [2.75, 3.05) is 13.1 Å². The lowest BCUT2D eigenvalue weighted by Crippen LogP contribution is -2.42. The van der Waals surface area contributed by atoms with Gasteiger partial charge in [-0.05, 0) is 40.3 Å². The number of thiophene rings is 1. The smallest absolute Gasteiger partial charge is 0.254 e. The first kappa shape index (κ1) is 22.7. The van der Waals surface area contributed by atoms with Crippen LogP contribution in [0.5, 0.6) is 0 Å². The number of hydrogen-bond acceptors (Lipinski definition) is 3. The summed E-state index contributed by atoms with van der Waals surface area (Å²) in [4.78, 5) is 31.7. The van der Waals surface area contributed by atoms with Crippen LogP contribution < -0.4 is 0 Å². The highest BCUT2D eigenvalue weighted by Crippen LogP contribution is 2.21. The molecule has 4 aromatic rings. The maximum absolute atomic E-state index is 13.5. The van der Waals surface area contributed by atoms with Crippen molar-refractivity contribution < 1.29 is 9.59 Å². The number of rotatable bonds is 9. The third-order valence-electron chi connectivity index (χ3n) is 5.62. The summed E-state index contributed by atoms with van der Waals surface area (Å²) in [5, 5.41) is 3.96. The average Bonchev–Trinajstić information content (AvgIpc) is 3.36. The second-order valence-corrected chi connectivity index (χ2v) is 9.10. The van der Waals surface area contributed by atoms with E-state index in [-0.39, 0.29) is 18.4 Å². The van der Waals surface area contributed by atoms with E-state index in [1.165, 1.54) is 0 Å². The van der Waals surface area contributed by atoms with Gasteiger partial charge in [0.05, 0.1) is 6.54 Å². The first-order chi connectivity index (χ1) is 16.2. The minimum Gasteiger partial charge on any atom is -0.332 e. The molecule has 0 atom stereocenters. The summed E-state index contributed by atoms with van der Waals surface area (Å²) in [7, 11) is 0. The fourth-order valence-corrected chi connectivity index (χ4v) is 4.71. The topological polar surface area (TPSA) is 40.6 Å². The third kappa shape index (κ3) is 5.68.